The number of nitrogens with zero attached hydrogens (tertiary/aromatic N) is 3. The van der Waals surface area contributed by atoms with Gasteiger partial charge in [-0.1, -0.05) is 29.8 Å². The van der Waals surface area contributed by atoms with Crippen molar-refractivity contribution >= 4 is 35.4 Å². The minimum Gasteiger partial charge on any atom is -0.496 e. The van der Waals surface area contributed by atoms with Crippen molar-refractivity contribution in [3.8, 4) is 22.8 Å². The maximum absolute atomic E-state index is 12.1. The number of aromatic nitrogens is 4. The number of H-pyrrole nitrogens is 1. The molecule has 0 aliphatic rings. The van der Waals surface area contributed by atoms with E-state index < -0.39 is 5.97 Å². The van der Waals surface area contributed by atoms with Gasteiger partial charge in [0.2, 0.25) is 5.16 Å². The summed E-state index contributed by atoms with van der Waals surface area (Å²) in [5, 5.41) is 17.8. The zero-order chi connectivity index (χ0) is 25.3. The number of methoxy groups -OCH3 is 1. The van der Waals surface area contributed by atoms with Crippen LogP contribution in [0.3, 0.4) is 0 Å². The van der Waals surface area contributed by atoms with E-state index in [1.54, 1.807) is 31.4 Å². The molecule has 7 nitrogen and oxygen atoms in total. The predicted octanol–water partition coefficient (Wildman–Crippen LogP) is 6.38. The Morgan fingerprint density at radius 3 is 2.51 bits per heavy atom. The summed E-state index contributed by atoms with van der Waals surface area (Å²) >= 11 is 7.10. The van der Waals surface area contributed by atoms with E-state index in [-0.39, 0.29) is 10.1 Å². The maximum atomic E-state index is 12.1. The summed E-state index contributed by atoms with van der Waals surface area (Å²) in [6.45, 7) is 8.16. The second-order valence-corrected chi connectivity index (χ2v) is 9.57. The van der Waals surface area contributed by atoms with Crippen LogP contribution in [-0.2, 0) is 4.79 Å². The SMILES string of the molecule is COc1ccc(Cl)cc1-c1nc(S/C(=C\c2cc(C)n(-c3c(C)cccc3C)c2C)C(=O)O)n[nH]1. The molecule has 0 saturated heterocycles. The molecule has 35 heavy (non-hydrogen) atoms. The predicted molar refractivity (Wildman–Crippen MR) is 140 cm³/mol. The topological polar surface area (TPSA) is 93.0 Å². The summed E-state index contributed by atoms with van der Waals surface area (Å²) in [7, 11) is 1.55. The van der Waals surface area contributed by atoms with Crippen molar-refractivity contribution in [1.29, 1.82) is 0 Å². The minimum absolute atomic E-state index is 0.107. The highest BCUT2D eigenvalue weighted by molar-refractivity contribution is 8.04. The van der Waals surface area contributed by atoms with E-state index >= 15 is 0 Å². The Balaban J connectivity index is 1.69. The highest BCUT2D eigenvalue weighted by atomic mass is 35.5. The highest BCUT2D eigenvalue weighted by Crippen LogP contribution is 2.34. The monoisotopic (exact) mass is 508 g/mol. The zero-order valence-corrected chi connectivity index (χ0v) is 21.6. The Morgan fingerprint density at radius 1 is 1.14 bits per heavy atom. The van der Waals surface area contributed by atoms with Gasteiger partial charge >= 0.3 is 5.97 Å². The molecule has 4 aromatic rings. The summed E-state index contributed by atoms with van der Waals surface area (Å²) in [6, 6.07) is 13.3. The second-order valence-electron chi connectivity index (χ2n) is 8.13. The van der Waals surface area contributed by atoms with Crippen molar-refractivity contribution in [2.45, 2.75) is 32.9 Å². The van der Waals surface area contributed by atoms with Crippen molar-refractivity contribution in [3.63, 3.8) is 0 Å². The first-order valence-electron chi connectivity index (χ1n) is 10.8. The molecule has 0 unspecified atom stereocenters. The van der Waals surface area contributed by atoms with E-state index in [0.717, 1.165) is 45.5 Å². The molecule has 2 aromatic heterocycles. The lowest BCUT2D eigenvalue weighted by molar-refractivity contribution is -0.131. The van der Waals surface area contributed by atoms with Gasteiger partial charge in [0.05, 0.1) is 18.4 Å². The van der Waals surface area contributed by atoms with Gasteiger partial charge in [-0.25, -0.2) is 9.78 Å². The number of aromatic amines is 1. The summed E-state index contributed by atoms with van der Waals surface area (Å²) in [6.07, 6.45) is 1.66. The Kier molecular flexibility index (Phi) is 7.05. The van der Waals surface area contributed by atoms with Crippen LogP contribution in [-0.4, -0.2) is 37.9 Å². The van der Waals surface area contributed by atoms with Crippen LogP contribution in [0.25, 0.3) is 23.2 Å². The number of aryl methyl sites for hydroxylation is 3. The smallest absolute Gasteiger partial charge is 0.342 e. The molecule has 0 spiro atoms. The van der Waals surface area contributed by atoms with Crippen LogP contribution in [0.5, 0.6) is 5.75 Å². The molecule has 0 aliphatic heterocycles. The van der Waals surface area contributed by atoms with Crippen LogP contribution in [0, 0.1) is 27.7 Å². The third-order valence-electron chi connectivity index (χ3n) is 5.71. The molecule has 2 N–H and O–H groups in total. The number of hydrogen-bond donors (Lipinski definition) is 2. The van der Waals surface area contributed by atoms with Gasteiger partial charge in [0.25, 0.3) is 0 Å². The third-order valence-corrected chi connectivity index (χ3v) is 6.83. The summed E-state index contributed by atoms with van der Waals surface area (Å²) in [4.78, 5) is 16.7. The van der Waals surface area contributed by atoms with Gasteiger partial charge in [-0.3, -0.25) is 5.10 Å². The standard InChI is InChI=1S/C26H25ClN4O3S/c1-14-7-6-8-15(2)23(14)31-16(3)11-18(17(31)4)12-22(25(32)33)35-26-28-24(29-30-26)20-13-19(27)9-10-21(20)34-5/h6-13H,1-5H3,(H,32,33)(H,28,29,30)/b22-12-. The van der Waals surface area contributed by atoms with Gasteiger partial charge in [0.15, 0.2) is 5.82 Å². The molecule has 2 heterocycles. The van der Waals surface area contributed by atoms with Crippen LogP contribution < -0.4 is 4.74 Å². The van der Waals surface area contributed by atoms with Crippen molar-refractivity contribution in [3.05, 3.63) is 80.5 Å². The maximum Gasteiger partial charge on any atom is 0.342 e. The van der Waals surface area contributed by atoms with E-state index in [1.807, 2.05) is 26.0 Å². The minimum atomic E-state index is -1.06. The molecule has 0 fully saturated rings. The quantitative estimate of drug-likeness (QED) is 0.222. The number of carboxylic acids is 1. The molecule has 0 atom stereocenters. The Labute approximate surface area is 212 Å². The van der Waals surface area contributed by atoms with Gasteiger partial charge in [-0.2, -0.15) is 0 Å². The molecular weight excluding hydrogens is 484 g/mol. The van der Waals surface area contributed by atoms with E-state index in [2.05, 4.69) is 45.7 Å². The number of carboxylic acid groups (broad SMARTS) is 1. The molecule has 0 saturated carbocycles. The number of thioether (sulfide) groups is 1. The van der Waals surface area contributed by atoms with E-state index in [4.69, 9.17) is 16.3 Å². The largest absolute Gasteiger partial charge is 0.496 e. The van der Waals surface area contributed by atoms with Crippen LogP contribution in [0.2, 0.25) is 5.02 Å². The highest BCUT2D eigenvalue weighted by Gasteiger charge is 2.19. The van der Waals surface area contributed by atoms with Crippen molar-refractivity contribution in [1.82, 2.24) is 19.7 Å². The first-order chi connectivity index (χ1) is 16.7. The Bertz CT molecular complexity index is 1430. The number of benzene rings is 2. The lowest BCUT2D eigenvalue weighted by Crippen LogP contribution is -2.04. The van der Waals surface area contributed by atoms with Gasteiger partial charge in [-0.05, 0) is 86.5 Å². The Morgan fingerprint density at radius 2 is 1.86 bits per heavy atom. The fraction of sp³-hybridized carbons (Fsp3) is 0.192. The van der Waals surface area contributed by atoms with Crippen LogP contribution >= 0.6 is 23.4 Å². The van der Waals surface area contributed by atoms with Crippen LogP contribution in [0.1, 0.15) is 28.1 Å². The van der Waals surface area contributed by atoms with Gasteiger partial charge < -0.3 is 14.4 Å². The molecule has 180 valence electrons. The molecule has 0 radical (unpaired) electrons. The summed E-state index contributed by atoms with van der Waals surface area (Å²) in [5.74, 6) is -0.0432. The Hall–Kier alpha value is -3.49. The summed E-state index contributed by atoms with van der Waals surface area (Å²) < 4.78 is 7.54. The van der Waals surface area contributed by atoms with Crippen molar-refractivity contribution < 1.29 is 14.6 Å². The molecule has 0 amide bonds. The molecule has 0 aliphatic carbocycles. The van der Waals surface area contributed by atoms with Gasteiger partial charge in [-0.15, -0.1) is 5.10 Å². The molecule has 2 aromatic carbocycles. The van der Waals surface area contributed by atoms with Crippen molar-refractivity contribution in [2.75, 3.05) is 7.11 Å². The summed E-state index contributed by atoms with van der Waals surface area (Å²) in [5.41, 5.74) is 6.85. The van der Waals surface area contributed by atoms with Crippen molar-refractivity contribution in [2.24, 2.45) is 0 Å². The van der Waals surface area contributed by atoms with E-state index in [1.165, 1.54) is 0 Å². The van der Waals surface area contributed by atoms with Gasteiger partial charge in [0.1, 0.15) is 10.7 Å². The molecule has 0 bridgehead atoms. The van der Waals surface area contributed by atoms with Gasteiger partial charge in [0, 0.05) is 16.4 Å². The fourth-order valence-corrected chi connectivity index (χ4v) is 4.96. The normalized spacial score (nSPS) is 11.7. The van der Waals surface area contributed by atoms with Crippen LogP contribution in [0.15, 0.2) is 52.5 Å². The third kappa shape index (κ3) is 4.99. The second kappa shape index (κ2) is 10.0. The fourth-order valence-electron chi connectivity index (χ4n) is 4.09. The lowest BCUT2D eigenvalue weighted by atomic mass is 10.1. The average Bonchev–Trinajstić information content (AvgIpc) is 3.38. The first kappa shape index (κ1) is 24.6. The number of rotatable bonds is 7. The molecule has 4 rings (SSSR count). The average molecular weight is 509 g/mol. The first-order valence-corrected chi connectivity index (χ1v) is 12.0. The van der Waals surface area contributed by atoms with E-state index in [9.17, 15) is 9.90 Å². The number of carbonyl (C=O) groups is 1. The zero-order valence-electron chi connectivity index (χ0n) is 20.0. The number of aliphatic carboxylic acids is 1. The number of para-hydroxylation sites is 1. The number of halogens is 1. The van der Waals surface area contributed by atoms with Crippen LogP contribution in [0.4, 0.5) is 0 Å². The number of ether oxygens (including phenoxy) is 1. The van der Waals surface area contributed by atoms with E-state index in [0.29, 0.717) is 22.2 Å². The molecular formula is C26H25ClN4O3S. The number of nitrogens with one attached hydrogen (secondary N) is 1. The lowest BCUT2D eigenvalue weighted by Gasteiger charge is -2.15. The molecule has 9 heteroatoms. The number of hydrogen-bond acceptors (Lipinski definition) is 5.